The molecule has 2 amide bonds. The lowest BCUT2D eigenvalue weighted by Crippen LogP contribution is -2.49. The van der Waals surface area contributed by atoms with Gasteiger partial charge in [-0.25, -0.2) is 8.42 Å². The van der Waals surface area contributed by atoms with Gasteiger partial charge in [0.2, 0.25) is 28.6 Å². The second-order valence-electron chi connectivity index (χ2n) is 8.97. The number of hydrogen-bond donors (Lipinski definition) is 1. The first-order valence-electron chi connectivity index (χ1n) is 11.7. The van der Waals surface area contributed by atoms with Gasteiger partial charge < -0.3 is 19.7 Å². The zero-order valence-electron chi connectivity index (χ0n) is 20.9. The summed E-state index contributed by atoms with van der Waals surface area (Å²) in [6.45, 7) is 5.86. The van der Waals surface area contributed by atoms with Gasteiger partial charge in [-0.3, -0.25) is 13.9 Å². The van der Waals surface area contributed by atoms with Crippen LogP contribution in [0, 0.1) is 0 Å². The van der Waals surface area contributed by atoms with E-state index in [1.165, 1.54) is 9.21 Å². The number of ether oxygens (including phenoxy) is 2. The fourth-order valence-electron chi connectivity index (χ4n) is 3.86. The molecule has 1 N–H and O–H groups in total. The number of amides is 2. The lowest BCUT2D eigenvalue weighted by atomic mass is 10.1. The molecule has 11 heteroatoms. The predicted molar refractivity (Wildman–Crippen MR) is 141 cm³/mol. The van der Waals surface area contributed by atoms with Crippen LogP contribution in [0.25, 0.3) is 0 Å². The topological polar surface area (TPSA) is 105 Å². The number of nitrogens with one attached hydrogen (secondary N) is 1. The fourth-order valence-corrected chi connectivity index (χ4v) is 5.27. The van der Waals surface area contributed by atoms with Crippen LogP contribution in [0.1, 0.15) is 39.2 Å². The van der Waals surface area contributed by atoms with Crippen molar-refractivity contribution >= 4 is 43.5 Å². The van der Waals surface area contributed by atoms with E-state index in [0.29, 0.717) is 17.2 Å². The summed E-state index contributed by atoms with van der Waals surface area (Å²) in [5, 5.41) is 2.86. The van der Waals surface area contributed by atoms with Gasteiger partial charge in [-0.2, -0.15) is 0 Å². The first kappa shape index (κ1) is 27.8. The Balaban J connectivity index is 1.73. The Kier molecular flexibility index (Phi) is 9.24. The number of benzene rings is 2. The number of carbonyl (C=O) groups is 2. The third kappa shape index (κ3) is 7.36. The Labute approximate surface area is 220 Å². The summed E-state index contributed by atoms with van der Waals surface area (Å²) in [6, 6.07) is 11.7. The van der Waals surface area contributed by atoms with Crippen molar-refractivity contribution in [1.82, 2.24) is 10.2 Å². The van der Waals surface area contributed by atoms with E-state index in [0.717, 1.165) is 16.3 Å². The van der Waals surface area contributed by atoms with E-state index in [1.54, 1.807) is 25.1 Å². The second-order valence-corrected chi connectivity index (χ2v) is 11.8. The molecule has 1 aliphatic heterocycles. The first-order chi connectivity index (χ1) is 17.0. The molecular weight excluding hydrogens is 550 g/mol. The largest absolute Gasteiger partial charge is 0.454 e. The standard InChI is InChI=1S/C25H32BrN3O6S/c1-17(2)27-25(31)18(3)28(15-19-7-5-8-20(26)13-19)24(30)9-6-12-29(36(4,32)33)21-10-11-22-23(14-21)35-16-34-22/h5,7-8,10-11,13-14,17-18H,6,9,12,15-16H2,1-4H3,(H,27,31). The monoisotopic (exact) mass is 581 g/mol. The summed E-state index contributed by atoms with van der Waals surface area (Å²) < 4.78 is 37.8. The third-order valence-electron chi connectivity index (χ3n) is 5.64. The van der Waals surface area contributed by atoms with Crippen LogP contribution in [-0.2, 0) is 26.2 Å². The summed E-state index contributed by atoms with van der Waals surface area (Å²) in [6.07, 6.45) is 1.47. The van der Waals surface area contributed by atoms with Gasteiger partial charge in [-0.15, -0.1) is 0 Å². The molecule has 1 aliphatic rings. The summed E-state index contributed by atoms with van der Waals surface area (Å²) >= 11 is 3.44. The highest BCUT2D eigenvalue weighted by atomic mass is 79.9. The Morgan fingerprint density at radius 2 is 1.81 bits per heavy atom. The fraction of sp³-hybridized carbons (Fsp3) is 0.440. The summed E-state index contributed by atoms with van der Waals surface area (Å²) in [5.74, 6) is 0.550. The van der Waals surface area contributed by atoms with Gasteiger partial charge in [0.05, 0.1) is 11.9 Å². The molecule has 0 aromatic heterocycles. The van der Waals surface area contributed by atoms with Crippen molar-refractivity contribution in [3.63, 3.8) is 0 Å². The van der Waals surface area contributed by atoms with Gasteiger partial charge in [0.1, 0.15) is 6.04 Å². The van der Waals surface area contributed by atoms with Gasteiger partial charge in [-0.05, 0) is 57.0 Å². The normalized spacial score (nSPS) is 13.4. The summed E-state index contributed by atoms with van der Waals surface area (Å²) in [5.41, 5.74) is 1.31. The minimum atomic E-state index is -3.61. The van der Waals surface area contributed by atoms with Crippen LogP contribution in [0.2, 0.25) is 0 Å². The molecule has 2 aromatic rings. The maximum Gasteiger partial charge on any atom is 0.242 e. The van der Waals surface area contributed by atoms with Crippen molar-refractivity contribution in [2.75, 3.05) is 23.9 Å². The Morgan fingerprint density at radius 3 is 2.47 bits per heavy atom. The summed E-state index contributed by atoms with van der Waals surface area (Å²) in [7, 11) is -3.61. The SMILES string of the molecule is CC(C)NC(=O)C(C)N(Cc1cccc(Br)c1)C(=O)CCCN(c1ccc2c(c1)OCO2)S(C)(=O)=O. The Hall–Kier alpha value is -2.79. The van der Waals surface area contributed by atoms with Crippen LogP contribution in [0.15, 0.2) is 46.9 Å². The number of hydrogen-bond acceptors (Lipinski definition) is 6. The molecule has 0 spiro atoms. The van der Waals surface area contributed by atoms with Gasteiger partial charge in [0, 0.05) is 36.1 Å². The zero-order valence-corrected chi connectivity index (χ0v) is 23.3. The van der Waals surface area contributed by atoms with Crippen molar-refractivity contribution in [3.8, 4) is 11.5 Å². The second kappa shape index (κ2) is 12.0. The molecule has 0 radical (unpaired) electrons. The highest BCUT2D eigenvalue weighted by Crippen LogP contribution is 2.36. The average molecular weight is 583 g/mol. The van der Waals surface area contributed by atoms with Crippen molar-refractivity contribution in [3.05, 3.63) is 52.5 Å². The van der Waals surface area contributed by atoms with Crippen molar-refractivity contribution < 1.29 is 27.5 Å². The Morgan fingerprint density at radius 1 is 1.08 bits per heavy atom. The van der Waals surface area contributed by atoms with Crippen molar-refractivity contribution in [2.45, 2.75) is 52.2 Å². The molecule has 2 aromatic carbocycles. The molecule has 36 heavy (non-hydrogen) atoms. The molecule has 0 bridgehead atoms. The van der Waals surface area contributed by atoms with Crippen molar-refractivity contribution in [1.29, 1.82) is 0 Å². The molecule has 0 fully saturated rings. The lowest BCUT2D eigenvalue weighted by molar-refractivity contribution is -0.140. The van der Waals surface area contributed by atoms with Gasteiger partial charge in [0.25, 0.3) is 0 Å². The van der Waals surface area contributed by atoms with E-state index in [2.05, 4.69) is 21.2 Å². The van der Waals surface area contributed by atoms with Crippen LogP contribution in [0.4, 0.5) is 5.69 Å². The molecule has 3 rings (SSSR count). The van der Waals surface area contributed by atoms with Crippen LogP contribution in [-0.4, -0.2) is 56.8 Å². The maximum atomic E-state index is 13.3. The molecule has 0 aliphatic carbocycles. The van der Waals surface area contributed by atoms with Crippen LogP contribution in [0.5, 0.6) is 11.5 Å². The van der Waals surface area contributed by atoms with Crippen LogP contribution < -0.4 is 19.1 Å². The minimum Gasteiger partial charge on any atom is -0.454 e. The number of fused-ring (bicyclic) bond motifs is 1. The average Bonchev–Trinajstić information content (AvgIpc) is 3.26. The van der Waals surface area contributed by atoms with Crippen LogP contribution in [0.3, 0.4) is 0 Å². The van der Waals surface area contributed by atoms with E-state index >= 15 is 0 Å². The number of carbonyl (C=O) groups excluding carboxylic acids is 2. The first-order valence-corrected chi connectivity index (χ1v) is 14.3. The van der Waals surface area contributed by atoms with E-state index < -0.39 is 16.1 Å². The quantitative estimate of drug-likeness (QED) is 0.434. The maximum absolute atomic E-state index is 13.3. The third-order valence-corrected chi connectivity index (χ3v) is 7.32. The van der Waals surface area contributed by atoms with Gasteiger partial charge in [0.15, 0.2) is 11.5 Å². The molecule has 1 heterocycles. The smallest absolute Gasteiger partial charge is 0.242 e. The van der Waals surface area contributed by atoms with Gasteiger partial charge >= 0.3 is 0 Å². The van der Waals surface area contributed by atoms with E-state index in [9.17, 15) is 18.0 Å². The lowest BCUT2D eigenvalue weighted by Gasteiger charge is -2.30. The molecular formula is C25H32BrN3O6S. The minimum absolute atomic E-state index is 0.0622. The van der Waals surface area contributed by atoms with Crippen LogP contribution >= 0.6 is 15.9 Å². The predicted octanol–water partition coefficient (Wildman–Crippen LogP) is 3.67. The highest BCUT2D eigenvalue weighted by molar-refractivity contribution is 9.10. The molecule has 1 unspecified atom stereocenters. The van der Waals surface area contributed by atoms with E-state index in [4.69, 9.17) is 9.47 Å². The molecule has 0 saturated carbocycles. The Bertz CT molecular complexity index is 1200. The number of nitrogens with zero attached hydrogens (tertiary/aromatic N) is 2. The van der Waals surface area contributed by atoms with E-state index in [-0.39, 0.29) is 50.6 Å². The number of rotatable bonds is 11. The number of anilines is 1. The zero-order chi connectivity index (χ0) is 26.5. The summed E-state index contributed by atoms with van der Waals surface area (Å²) in [4.78, 5) is 27.6. The number of halogens is 1. The molecule has 196 valence electrons. The highest BCUT2D eigenvalue weighted by Gasteiger charge is 2.27. The number of sulfonamides is 1. The molecule has 1 atom stereocenters. The van der Waals surface area contributed by atoms with Gasteiger partial charge in [-0.1, -0.05) is 28.1 Å². The molecule has 9 nitrogen and oxygen atoms in total. The van der Waals surface area contributed by atoms with E-state index in [1.807, 2.05) is 38.1 Å². The molecule has 0 saturated heterocycles. The van der Waals surface area contributed by atoms with Crippen molar-refractivity contribution in [2.24, 2.45) is 0 Å².